The van der Waals surface area contributed by atoms with E-state index >= 15 is 0 Å². The Morgan fingerprint density at radius 2 is 1.94 bits per heavy atom. The maximum Gasteiger partial charge on any atom is 0.211 e. The van der Waals surface area contributed by atoms with E-state index in [0.29, 0.717) is 26.1 Å². The highest BCUT2D eigenvalue weighted by Crippen LogP contribution is 1.95. The van der Waals surface area contributed by atoms with Crippen molar-refractivity contribution in [2.75, 3.05) is 25.4 Å². The van der Waals surface area contributed by atoms with E-state index in [4.69, 9.17) is 10.5 Å². The zero-order valence-corrected chi connectivity index (χ0v) is 11.1. The molecule has 0 radical (unpaired) electrons. The van der Waals surface area contributed by atoms with Gasteiger partial charge in [0.15, 0.2) is 0 Å². The number of ether oxygens (including phenoxy) is 1. The van der Waals surface area contributed by atoms with Gasteiger partial charge in [-0.25, -0.2) is 13.1 Å². The molecule has 0 saturated carbocycles. The Kier molecular flexibility index (Phi) is 8.83. The molecule has 0 aliphatic carbocycles. The maximum absolute atomic E-state index is 11.3. The second-order valence-corrected chi connectivity index (χ2v) is 5.91. The van der Waals surface area contributed by atoms with Crippen LogP contribution < -0.4 is 10.5 Å². The Bertz CT molecular complexity index is 253. The maximum atomic E-state index is 11.3. The van der Waals surface area contributed by atoms with Gasteiger partial charge in [-0.15, -0.1) is 0 Å². The van der Waals surface area contributed by atoms with E-state index in [1.165, 1.54) is 0 Å². The minimum absolute atomic E-state index is 0.117. The summed E-state index contributed by atoms with van der Waals surface area (Å²) >= 11 is 0. The Balaban J connectivity index is 3.43. The highest BCUT2D eigenvalue weighted by molar-refractivity contribution is 7.89. The SMILES string of the molecule is CC(C)OCCCCNS(=O)(=O)CCCN. The molecule has 0 aliphatic heterocycles. The zero-order chi connectivity index (χ0) is 12.4. The Labute approximate surface area is 98.8 Å². The zero-order valence-electron chi connectivity index (χ0n) is 10.2. The standard InChI is InChI=1S/C10H24N2O3S/c1-10(2)15-8-4-3-7-12-16(13,14)9-5-6-11/h10,12H,3-9,11H2,1-2H3. The minimum atomic E-state index is -3.12. The summed E-state index contributed by atoms with van der Waals surface area (Å²) in [7, 11) is -3.12. The van der Waals surface area contributed by atoms with Crippen molar-refractivity contribution in [2.45, 2.75) is 39.2 Å². The third kappa shape index (κ3) is 10.4. The molecule has 0 aromatic rings. The lowest BCUT2D eigenvalue weighted by Crippen LogP contribution is -2.28. The number of rotatable bonds is 10. The van der Waals surface area contributed by atoms with Crippen LogP contribution in [0.5, 0.6) is 0 Å². The minimum Gasteiger partial charge on any atom is -0.379 e. The van der Waals surface area contributed by atoms with Gasteiger partial charge >= 0.3 is 0 Å². The van der Waals surface area contributed by atoms with Gasteiger partial charge in [-0.2, -0.15) is 0 Å². The fraction of sp³-hybridized carbons (Fsp3) is 1.00. The molecule has 0 aromatic heterocycles. The lowest BCUT2D eigenvalue weighted by Gasteiger charge is -2.08. The average Bonchev–Trinajstić information content (AvgIpc) is 2.20. The van der Waals surface area contributed by atoms with Crippen molar-refractivity contribution in [3.05, 3.63) is 0 Å². The largest absolute Gasteiger partial charge is 0.379 e. The lowest BCUT2D eigenvalue weighted by molar-refractivity contribution is 0.0762. The molecule has 0 unspecified atom stereocenters. The van der Waals surface area contributed by atoms with Crippen molar-refractivity contribution in [1.82, 2.24) is 4.72 Å². The lowest BCUT2D eigenvalue weighted by atomic mass is 10.3. The monoisotopic (exact) mass is 252 g/mol. The van der Waals surface area contributed by atoms with Crippen LogP contribution in [0.15, 0.2) is 0 Å². The third-order valence-corrected chi connectivity index (χ3v) is 3.43. The van der Waals surface area contributed by atoms with Crippen molar-refractivity contribution >= 4 is 10.0 Å². The number of nitrogens with two attached hydrogens (primary N) is 1. The first-order valence-corrected chi connectivity index (χ1v) is 7.42. The normalized spacial score (nSPS) is 12.2. The van der Waals surface area contributed by atoms with Crippen molar-refractivity contribution in [3.63, 3.8) is 0 Å². The Morgan fingerprint density at radius 3 is 2.50 bits per heavy atom. The van der Waals surface area contributed by atoms with E-state index in [1.54, 1.807) is 0 Å². The first kappa shape index (κ1) is 15.8. The molecule has 0 heterocycles. The predicted octanol–water partition coefficient (Wildman–Crippen LogP) is 0.460. The van der Waals surface area contributed by atoms with Gasteiger partial charge in [-0.05, 0) is 39.7 Å². The second kappa shape index (κ2) is 8.92. The van der Waals surface area contributed by atoms with Crippen LogP contribution in [0.4, 0.5) is 0 Å². The number of unbranched alkanes of at least 4 members (excludes halogenated alkanes) is 1. The van der Waals surface area contributed by atoms with E-state index in [1.807, 2.05) is 13.8 Å². The van der Waals surface area contributed by atoms with Gasteiger partial charge in [-0.3, -0.25) is 0 Å². The summed E-state index contributed by atoms with van der Waals surface area (Å²) < 4.78 is 30.6. The van der Waals surface area contributed by atoms with Crippen LogP contribution in [0, 0.1) is 0 Å². The molecule has 0 rings (SSSR count). The molecular weight excluding hydrogens is 228 g/mol. The summed E-state index contributed by atoms with van der Waals surface area (Å²) in [4.78, 5) is 0. The Morgan fingerprint density at radius 1 is 1.25 bits per heavy atom. The summed E-state index contributed by atoms with van der Waals surface area (Å²) in [5.41, 5.74) is 5.25. The van der Waals surface area contributed by atoms with Gasteiger partial charge in [0.1, 0.15) is 0 Å². The molecule has 0 aromatic carbocycles. The van der Waals surface area contributed by atoms with E-state index in [9.17, 15) is 8.42 Å². The molecule has 0 aliphatic rings. The molecule has 0 saturated heterocycles. The van der Waals surface area contributed by atoms with E-state index in [0.717, 1.165) is 12.8 Å². The van der Waals surface area contributed by atoms with Crippen LogP contribution in [0.25, 0.3) is 0 Å². The molecule has 5 nitrogen and oxygen atoms in total. The molecule has 16 heavy (non-hydrogen) atoms. The number of hydrogen-bond acceptors (Lipinski definition) is 4. The van der Waals surface area contributed by atoms with Crippen LogP contribution in [0.1, 0.15) is 33.1 Å². The number of sulfonamides is 1. The summed E-state index contributed by atoms with van der Waals surface area (Å²) in [5.74, 6) is 0.117. The number of hydrogen-bond donors (Lipinski definition) is 2. The molecule has 98 valence electrons. The van der Waals surface area contributed by atoms with Gasteiger partial charge in [0.25, 0.3) is 0 Å². The van der Waals surface area contributed by atoms with E-state index in [-0.39, 0.29) is 11.9 Å². The first-order chi connectivity index (χ1) is 7.48. The van der Waals surface area contributed by atoms with E-state index in [2.05, 4.69) is 4.72 Å². The van der Waals surface area contributed by atoms with E-state index < -0.39 is 10.0 Å². The smallest absolute Gasteiger partial charge is 0.211 e. The fourth-order valence-electron chi connectivity index (χ4n) is 1.12. The highest BCUT2D eigenvalue weighted by atomic mass is 32.2. The van der Waals surface area contributed by atoms with Gasteiger partial charge < -0.3 is 10.5 Å². The quantitative estimate of drug-likeness (QED) is 0.553. The molecule has 0 amide bonds. The molecule has 0 spiro atoms. The van der Waals surface area contributed by atoms with Crippen LogP contribution in [0.2, 0.25) is 0 Å². The van der Waals surface area contributed by atoms with Gasteiger partial charge in [0.05, 0.1) is 11.9 Å². The molecular formula is C10H24N2O3S. The Hall–Kier alpha value is -0.170. The molecule has 3 N–H and O–H groups in total. The first-order valence-electron chi connectivity index (χ1n) is 5.77. The van der Waals surface area contributed by atoms with Crippen LogP contribution in [0.3, 0.4) is 0 Å². The van der Waals surface area contributed by atoms with Gasteiger partial charge in [0.2, 0.25) is 10.0 Å². The average molecular weight is 252 g/mol. The highest BCUT2D eigenvalue weighted by Gasteiger charge is 2.07. The summed E-state index contributed by atoms with van der Waals surface area (Å²) in [6.07, 6.45) is 2.42. The van der Waals surface area contributed by atoms with Crippen molar-refractivity contribution in [1.29, 1.82) is 0 Å². The summed E-state index contributed by atoms with van der Waals surface area (Å²) in [6, 6.07) is 0. The van der Waals surface area contributed by atoms with Gasteiger partial charge in [0, 0.05) is 13.2 Å². The van der Waals surface area contributed by atoms with Crippen LogP contribution in [-0.4, -0.2) is 40.0 Å². The van der Waals surface area contributed by atoms with Gasteiger partial charge in [-0.1, -0.05) is 0 Å². The predicted molar refractivity (Wildman–Crippen MR) is 65.8 cm³/mol. The van der Waals surface area contributed by atoms with Crippen LogP contribution >= 0.6 is 0 Å². The molecule has 6 heteroatoms. The molecule has 0 bridgehead atoms. The summed E-state index contributed by atoms with van der Waals surface area (Å²) in [6.45, 7) is 5.53. The molecule has 0 atom stereocenters. The third-order valence-electron chi connectivity index (χ3n) is 1.96. The fourth-order valence-corrected chi connectivity index (χ4v) is 2.27. The van der Waals surface area contributed by atoms with Crippen molar-refractivity contribution < 1.29 is 13.2 Å². The summed E-state index contributed by atoms with van der Waals surface area (Å²) in [5, 5.41) is 0. The topological polar surface area (TPSA) is 81.4 Å². The van der Waals surface area contributed by atoms with Crippen molar-refractivity contribution in [3.8, 4) is 0 Å². The second-order valence-electron chi connectivity index (χ2n) is 3.98. The van der Waals surface area contributed by atoms with Crippen molar-refractivity contribution in [2.24, 2.45) is 5.73 Å². The number of nitrogens with one attached hydrogen (secondary N) is 1. The van der Waals surface area contributed by atoms with Crippen LogP contribution in [-0.2, 0) is 14.8 Å². The molecule has 0 fully saturated rings.